The Morgan fingerprint density at radius 3 is 2.48 bits per heavy atom. The SMILES string of the molecule is Cc1ccc([C@H](C)NC(=O)c2ccc(CN3CCCc4ccccc43)cc2)cc1. The van der Waals surface area contributed by atoms with Crippen LogP contribution >= 0.6 is 0 Å². The molecule has 3 aromatic rings. The van der Waals surface area contributed by atoms with Gasteiger partial charge in [-0.2, -0.15) is 0 Å². The number of nitrogens with zero attached hydrogens (tertiary/aromatic N) is 1. The normalized spacial score (nSPS) is 14.2. The second-order valence-corrected chi connectivity index (χ2v) is 7.96. The number of fused-ring (bicyclic) bond motifs is 1. The highest BCUT2D eigenvalue weighted by Crippen LogP contribution is 2.28. The molecule has 0 fully saturated rings. The molecule has 1 heterocycles. The summed E-state index contributed by atoms with van der Waals surface area (Å²) in [6, 6.07) is 24.9. The lowest BCUT2D eigenvalue weighted by Crippen LogP contribution is -2.29. The van der Waals surface area contributed by atoms with E-state index in [1.165, 1.54) is 28.8 Å². The molecule has 0 saturated carbocycles. The molecule has 1 aliphatic rings. The molecule has 0 unspecified atom stereocenters. The summed E-state index contributed by atoms with van der Waals surface area (Å²) in [5.41, 5.74) is 7.03. The monoisotopic (exact) mass is 384 g/mol. The summed E-state index contributed by atoms with van der Waals surface area (Å²) < 4.78 is 0. The second-order valence-electron chi connectivity index (χ2n) is 7.96. The summed E-state index contributed by atoms with van der Waals surface area (Å²) >= 11 is 0. The van der Waals surface area contributed by atoms with E-state index in [2.05, 4.69) is 77.8 Å². The van der Waals surface area contributed by atoms with Gasteiger partial charge in [0.05, 0.1) is 6.04 Å². The maximum atomic E-state index is 12.6. The van der Waals surface area contributed by atoms with Gasteiger partial charge in [-0.1, -0.05) is 60.2 Å². The fraction of sp³-hybridized carbons (Fsp3) is 0.269. The Kier molecular flexibility index (Phi) is 5.66. The van der Waals surface area contributed by atoms with E-state index in [0.717, 1.165) is 25.1 Å². The van der Waals surface area contributed by atoms with Crippen LogP contribution in [-0.4, -0.2) is 12.5 Å². The molecule has 148 valence electrons. The Morgan fingerprint density at radius 1 is 1.00 bits per heavy atom. The van der Waals surface area contributed by atoms with Crippen molar-refractivity contribution in [3.8, 4) is 0 Å². The zero-order valence-corrected chi connectivity index (χ0v) is 17.2. The lowest BCUT2D eigenvalue weighted by Gasteiger charge is -2.31. The first-order chi connectivity index (χ1) is 14.1. The van der Waals surface area contributed by atoms with Gasteiger partial charge in [0.15, 0.2) is 0 Å². The Morgan fingerprint density at radius 2 is 1.72 bits per heavy atom. The summed E-state index contributed by atoms with van der Waals surface area (Å²) in [7, 11) is 0. The van der Waals surface area contributed by atoms with E-state index in [-0.39, 0.29) is 11.9 Å². The van der Waals surface area contributed by atoms with Gasteiger partial charge in [0.1, 0.15) is 0 Å². The molecule has 0 bridgehead atoms. The third-order valence-corrected chi connectivity index (χ3v) is 5.72. The number of benzene rings is 3. The van der Waals surface area contributed by atoms with Gasteiger partial charge < -0.3 is 10.2 Å². The highest BCUT2D eigenvalue weighted by Gasteiger charge is 2.17. The van der Waals surface area contributed by atoms with Crippen LogP contribution in [0.5, 0.6) is 0 Å². The Balaban J connectivity index is 1.40. The van der Waals surface area contributed by atoms with Gasteiger partial charge in [-0.25, -0.2) is 0 Å². The minimum atomic E-state index is -0.0343. The van der Waals surface area contributed by atoms with Crippen LogP contribution < -0.4 is 10.2 Å². The number of amides is 1. The topological polar surface area (TPSA) is 32.3 Å². The predicted molar refractivity (Wildman–Crippen MR) is 119 cm³/mol. The third-order valence-electron chi connectivity index (χ3n) is 5.72. The molecule has 0 aromatic heterocycles. The smallest absolute Gasteiger partial charge is 0.251 e. The van der Waals surface area contributed by atoms with Crippen LogP contribution in [0.4, 0.5) is 5.69 Å². The molecule has 29 heavy (non-hydrogen) atoms. The van der Waals surface area contributed by atoms with E-state index in [9.17, 15) is 4.79 Å². The zero-order chi connectivity index (χ0) is 20.2. The van der Waals surface area contributed by atoms with Crippen LogP contribution in [0.15, 0.2) is 72.8 Å². The maximum Gasteiger partial charge on any atom is 0.251 e. The molecule has 1 amide bonds. The minimum Gasteiger partial charge on any atom is -0.367 e. The van der Waals surface area contributed by atoms with Crippen molar-refractivity contribution < 1.29 is 4.79 Å². The molecule has 0 radical (unpaired) electrons. The van der Waals surface area contributed by atoms with Gasteiger partial charge >= 0.3 is 0 Å². The van der Waals surface area contributed by atoms with Gasteiger partial charge in [-0.05, 0) is 61.6 Å². The lowest BCUT2D eigenvalue weighted by atomic mass is 10.0. The minimum absolute atomic E-state index is 0.0207. The lowest BCUT2D eigenvalue weighted by molar-refractivity contribution is 0.0940. The summed E-state index contributed by atoms with van der Waals surface area (Å²) in [6.07, 6.45) is 2.35. The molecule has 4 rings (SSSR count). The van der Waals surface area contributed by atoms with Crippen LogP contribution in [0.2, 0.25) is 0 Å². The van der Waals surface area contributed by atoms with Crippen molar-refractivity contribution in [1.29, 1.82) is 0 Å². The molecule has 0 saturated heterocycles. The highest BCUT2D eigenvalue weighted by molar-refractivity contribution is 5.94. The molecular weight excluding hydrogens is 356 g/mol. The molecule has 3 nitrogen and oxygen atoms in total. The number of aryl methyl sites for hydroxylation is 2. The van der Waals surface area contributed by atoms with E-state index < -0.39 is 0 Å². The molecule has 3 heteroatoms. The van der Waals surface area contributed by atoms with Crippen molar-refractivity contribution in [3.63, 3.8) is 0 Å². The van der Waals surface area contributed by atoms with E-state index in [1.54, 1.807) is 0 Å². The van der Waals surface area contributed by atoms with E-state index in [4.69, 9.17) is 0 Å². The summed E-state index contributed by atoms with van der Waals surface area (Å²) in [6.45, 7) is 6.04. The van der Waals surface area contributed by atoms with Crippen molar-refractivity contribution in [3.05, 3.63) is 101 Å². The molecule has 1 aliphatic heterocycles. The van der Waals surface area contributed by atoms with E-state index >= 15 is 0 Å². The first-order valence-electron chi connectivity index (χ1n) is 10.4. The molecule has 0 spiro atoms. The Hall–Kier alpha value is -3.07. The summed E-state index contributed by atoms with van der Waals surface area (Å²) in [5, 5.41) is 3.10. The first-order valence-corrected chi connectivity index (χ1v) is 10.4. The number of nitrogens with one attached hydrogen (secondary N) is 1. The van der Waals surface area contributed by atoms with Gasteiger partial charge in [0, 0.05) is 24.3 Å². The number of anilines is 1. The molecule has 0 aliphatic carbocycles. The highest BCUT2D eigenvalue weighted by atomic mass is 16.1. The van der Waals surface area contributed by atoms with Crippen molar-refractivity contribution >= 4 is 11.6 Å². The summed E-state index contributed by atoms with van der Waals surface area (Å²) in [5.74, 6) is -0.0343. The van der Waals surface area contributed by atoms with Crippen LogP contribution in [0.25, 0.3) is 0 Å². The molecular formula is C26H28N2O. The van der Waals surface area contributed by atoms with Crippen LogP contribution in [0, 0.1) is 6.92 Å². The zero-order valence-electron chi connectivity index (χ0n) is 17.2. The fourth-order valence-corrected chi connectivity index (χ4v) is 3.98. The average molecular weight is 385 g/mol. The number of hydrogen-bond acceptors (Lipinski definition) is 2. The van der Waals surface area contributed by atoms with Crippen LogP contribution in [0.1, 0.15) is 52.0 Å². The number of rotatable bonds is 5. The molecule has 1 atom stereocenters. The standard InChI is InChI=1S/C26H28N2O/c1-19-9-13-22(14-10-19)20(2)27-26(29)24-15-11-21(12-16-24)18-28-17-5-7-23-6-3-4-8-25(23)28/h3-4,6,8-16,20H,5,7,17-18H2,1-2H3,(H,27,29)/t20-/m0/s1. The van der Waals surface area contributed by atoms with Gasteiger partial charge in [-0.15, -0.1) is 0 Å². The van der Waals surface area contributed by atoms with Gasteiger partial charge in [0.2, 0.25) is 0 Å². The van der Waals surface area contributed by atoms with Gasteiger partial charge in [0.25, 0.3) is 5.91 Å². The Labute approximate surface area is 173 Å². The second kappa shape index (κ2) is 8.52. The van der Waals surface area contributed by atoms with Crippen LogP contribution in [-0.2, 0) is 13.0 Å². The number of para-hydroxylation sites is 1. The summed E-state index contributed by atoms with van der Waals surface area (Å²) in [4.78, 5) is 15.1. The quantitative estimate of drug-likeness (QED) is 0.635. The number of hydrogen-bond donors (Lipinski definition) is 1. The fourth-order valence-electron chi connectivity index (χ4n) is 3.98. The van der Waals surface area contributed by atoms with Crippen molar-refractivity contribution in [2.75, 3.05) is 11.4 Å². The molecule has 1 N–H and O–H groups in total. The third kappa shape index (κ3) is 4.51. The van der Waals surface area contributed by atoms with Crippen molar-refractivity contribution in [2.45, 2.75) is 39.3 Å². The predicted octanol–water partition coefficient (Wildman–Crippen LogP) is 5.44. The van der Waals surface area contributed by atoms with Gasteiger partial charge in [-0.3, -0.25) is 4.79 Å². The van der Waals surface area contributed by atoms with E-state index in [1.807, 2.05) is 19.1 Å². The largest absolute Gasteiger partial charge is 0.367 e. The van der Waals surface area contributed by atoms with E-state index in [0.29, 0.717) is 5.56 Å². The van der Waals surface area contributed by atoms with Crippen molar-refractivity contribution in [2.24, 2.45) is 0 Å². The first kappa shape index (κ1) is 19.3. The maximum absolute atomic E-state index is 12.6. The van der Waals surface area contributed by atoms with Crippen molar-refractivity contribution in [1.82, 2.24) is 5.32 Å². The number of carbonyl (C=O) groups excluding carboxylic acids is 1. The molecule has 3 aromatic carbocycles. The Bertz CT molecular complexity index is 976. The number of carbonyl (C=O) groups is 1. The van der Waals surface area contributed by atoms with Crippen LogP contribution in [0.3, 0.4) is 0 Å². The average Bonchev–Trinajstić information content (AvgIpc) is 2.75.